The molecule has 0 aromatic rings. The Labute approximate surface area is 84.0 Å². The minimum Gasteiger partial charge on any atom is -0.468 e. The quantitative estimate of drug-likeness (QED) is 0.530. The topological polar surface area (TPSA) is 55.4 Å². The number of hydrogen-bond donors (Lipinski definition) is 1. The number of esters is 1. The molecular weight excluding hydrogens is 182 g/mol. The highest BCUT2D eigenvalue weighted by Gasteiger charge is 2.46. The molecule has 14 heavy (non-hydrogen) atoms. The number of carbonyl (C=O) groups excluding carboxylic acids is 2. The summed E-state index contributed by atoms with van der Waals surface area (Å²) >= 11 is 0. The maximum absolute atomic E-state index is 11.7. The zero-order valence-corrected chi connectivity index (χ0v) is 8.76. The normalized spacial score (nSPS) is 19.9. The third-order valence-corrected chi connectivity index (χ3v) is 2.94. The molecule has 1 aliphatic rings. The maximum Gasteiger partial charge on any atom is 0.321 e. The highest BCUT2D eigenvalue weighted by Crippen LogP contribution is 2.37. The van der Waals surface area contributed by atoms with E-state index in [-0.39, 0.29) is 5.91 Å². The summed E-state index contributed by atoms with van der Waals surface area (Å²) < 4.78 is 4.72. The first-order valence-corrected chi connectivity index (χ1v) is 4.98. The van der Waals surface area contributed by atoms with Gasteiger partial charge in [0.05, 0.1) is 7.11 Å². The molecular formula is C10H17NO3. The van der Waals surface area contributed by atoms with Crippen molar-refractivity contribution in [2.75, 3.05) is 14.2 Å². The molecule has 0 spiro atoms. The SMILES string of the molecule is CNC(=O)C1(C(=O)OC)CCCCC1. The molecule has 4 heteroatoms. The Bertz CT molecular complexity index is 214. The van der Waals surface area contributed by atoms with Gasteiger partial charge in [-0.25, -0.2) is 0 Å². The van der Waals surface area contributed by atoms with Crippen LogP contribution in [0.5, 0.6) is 0 Å². The number of amides is 1. The fourth-order valence-corrected chi connectivity index (χ4v) is 2.11. The molecule has 0 radical (unpaired) electrons. The predicted octanol–water partition coefficient (Wildman–Crippen LogP) is 0.856. The van der Waals surface area contributed by atoms with Gasteiger partial charge in [0.1, 0.15) is 5.41 Å². The smallest absolute Gasteiger partial charge is 0.321 e. The van der Waals surface area contributed by atoms with Crippen molar-refractivity contribution >= 4 is 11.9 Å². The lowest BCUT2D eigenvalue weighted by molar-refractivity contribution is -0.161. The monoisotopic (exact) mass is 199 g/mol. The van der Waals surface area contributed by atoms with E-state index < -0.39 is 11.4 Å². The van der Waals surface area contributed by atoms with Crippen molar-refractivity contribution in [2.24, 2.45) is 5.41 Å². The standard InChI is InChI=1S/C10H17NO3/c1-11-8(12)10(9(13)14-2)6-4-3-5-7-10/h3-7H2,1-2H3,(H,11,12). The van der Waals surface area contributed by atoms with Gasteiger partial charge in [0.25, 0.3) is 0 Å². The molecule has 0 unspecified atom stereocenters. The summed E-state index contributed by atoms with van der Waals surface area (Å²) in [6, 6.07) is 0. The van der Waals surface area contributed by atoms with E-state index in [1.54, 1.807) is 7.05 Å². The number of nitrogens with one attached hydrogen (secondary N) is 1. The van der Waals surface area contributed by atoms with Gasteiger partial charge in [-0.2, -0.15) is 0 Å². The summed E-state index contributed by atoms with van der Waals surface area (Å²) in [6.07, 6.45) is 4.15. The average Bonchev–Trinajstić information content (AvgIpc) is 2.27. The van der Waals surface area contributed by atoms with E-state index in [2.05, 4.69) is 5.32 Å². The molecule has 1 aliphatic carbocycles. The van der Waals surface area contributed by atoms with E-state index in [0.29, 0.717) is 12.8 Å². The van der Waals surface area contributed by atoms with Crippen LogP contribution in [0.1, 0.15) is 32.1 Å². The van der Waals surface area contributed by atoms with Crippen molar-refractivity contribution in [3.05, 3.63) is 0 Å². The van der Waals surface area contributed by atoms with Crippen LogP contribution in [0.2, 0.25) is 0 Å². The van der Waals surface area contributed by atoms with Crippen molar-refractivity contribution in [2.45, 2.75) is 32.1 Å². The number of hydrogen-bond acceptors (Lipinski definition) is 3. The summed E-state index contributed by atoms with van der Waals surface area (Å²) in [5.41, 5.74) is -0.915. The van der Waals surface area contributed by atoms with Crippen LogP contribution in [0, 0.1) is 5.41 Å². The van der Waals surface area contributed by atoms with Crippen LogP contribution in [-0.2, 0) is 14.3 Å². The van der Waals surface area contributed by atoms with Gasteiger partial charge < -0.3 is 10.1 Å². The zero-order chi connectivity index (χ0) is 10.6. The van der Waals surface area contributed by atoms with Gasteiger partial charge >= 0.3 is 5.97 Å². The summed E-state index contributed by atoms with van der Waals surface area (Å²) in [4.78, 5) is 23.3. The molecule has 0 aromatic heterocycles. The fraction of sp³-hybridized carbons (Fsp3) is 0.800. The van der Waals surface area contributed by atoms with Crippen LogP contribution in [0.3, 0.4) is 0 Å². The number of carbonyl (C=O) groups is 2. The first-order valence-electron chi connectivity index (χ1n) is 4.98. The first-order chi connectivity index (χ1) is 6.67. The van der Waals surface area contributed by atoms with Crippen molar-refractivity contribution in [3.63, 3.8) is 0 Å². The molecule has 1 fully saturated rings. The van der Waals surface area contributed by atoms with Crippen LogP contribution < -0.4 is 5.32 Å². The molecule has 1 N–H and O–H groups in total. The summed E-state index contributed by atoms with van der Waals surface area (Å²) in [6.45, 7) is 0. The van der Waals surface area contributed by atoms with Crippen molar-refractivity contribution in [3.8, 4) is 0 Å². The van der Waals surface area contributed by atoms with E-state index in [4.69, 9.17) is 4.74 Å². The Morgan fingerprint density at radius 2 is 1.79 bits per heavy atom. The lowest BCUT2D eigenvalue weighted by atomic mass is 9.73. The van der Waals surface area contributed by atoms with Crippen molar-refractivity contribution in [1.29, 1.82) is 0 Å². The molecule has 0 aromatic carbocycles. The Morgan fingerprint density at radius 1 is 1.21 bits per heavy atom. The molecule has 1 rings (SSSR count). The second-order valence-corrected chi connectivity index (χ2v) is 3.71. The molecule has 0 bridgehead atoms. The highest BCUT2D eigenvalue weighted by molar-refractivity contribution is 6.02. The molecule has 1 saturated carbocycles. The average molecular weight is 199 g/mol. The van der Waals surface area contributed by atoms with Crippen molar-refractivity contribution < 1.29 is 14.3 Å². The fourth-order valence-electron chi connectivity index (χ4n) is 2.11. The second kappa shape index (κ2) is 4.44. The Hall–Kier alpha value is -1.06. The third kappa shape index (κ3) is 1.74. The zero-order valence-electron chi connectivity index (χ0n) is 8.76. The third-order valence-electron chi connectivity index (χ3n) is 2.94. The molecule has 0 heterocycles. The molecule has 0 atom stereocenters. The molecule has 0 saturated heterocycles. The van der Waals surface area contributed by atoms with Gasteiger partial charge in [-0.15, -0.1) is 0 Å². The minimum absolute atomic E-state index is 0.205. The predicted molar refractivity (Wildman–Crippen MR) is 51.6 cm³/mol. The molecule has 80 valence electrons. The minimum atomic E-state index is -0.915. The number of methoxy groups -OCH3 is 1. The van der Waals surface area contributed by atoms with Gasteiger partial charge in [0.15, 0.2) is 0 Å². The first kappa shape index (κ1) is 11.0. The van der Waals surface area contributed by atoms with Crippen LogP contribution in [0.25, 0.3) is 0 Å². The van der Waals surface area contributed by atoms with Gasteiger partial charge in [0, 0.05) is 7.05 Å². The lowest BCUT2D eigenvalue weighted by Crippen LogP contribution is -2.47. The van der Waals surface area contributed by atoms with E-state index in [1.807, 2.05) is 0 Å². The number of rotatable bonds is 2. The number of ether oxygens (including phenoxy) is 1. The molecule has 4 nitrogen and oxygen atoms in total. The summed E-state index contributed by atoms with van der Waals surface area (Å²) in [5, 5.41) is 2.55. The largest absolute Gasteiger partial charge is 0.468 e. The Kier molecular flexibility index (Phi) is 3.49. The maximum atomic E-state index is 11.7. The summed E-state index contributed by atoms with van der Waals surface area (Å²) in [7, 11) is 2.89. The van der Waals surface area contributed by atoms with Crippen LogP contribution in [0.4, 0.5) is 0 Å². The van der Waals surface area contributed by atoms with E-state index >= 15 is 0 Å². The van der Waals surface area contributed by atoms with E-state index in [9.17, 15) is 9.59 Å². The van der Waals surface area contributed by atoms with E-state index in [1.165, 1.54) is 7.11 Å². The Morgan fingerprint density at radius 3 is 2.21 bits per heavy atom. The molecule has 1 amide bonds. The van der Waals surface area contributed by atoms with Gasteiger partial charge in [-0.1, -0.05) is 19.3 Å². The van der Waals surface area contributed by atoms with E-state index in [0.717, 1.165) is 19.3 Å². The van der Waals surface area contributed by atoms with Crippen LogP contribution >= 0.6 is 0 Å². The van der Waals surface area contributed by atoms with Crippen LogP contribution in [0.15, 0.2) is 0 Å². The van der Waals surface area contributed by atoms with Gasteiger partial charge in [-0.05, 0) is 12.8 Å². The van der Waals surface area contributed by atoms with Crippen LogP contribution in [-0.4, -0.2) is 26.0 Å². The second-order valence-electron chi connectivity index (χ2n) is 3.71. The summed E-state index contributed by atoms with van der Waals surface area (Å²) in [5.74, 6) is -0.597. The molecule has 0 aliphatic heterocycles. The Balaban J connectivity index is 2.87. The van der Waals surface area contributed by atoms with Gasteiger partial charge in [0.2, 0.25) is 5.91 Å². The van der Waals surface area contributed by atoms with Gasteiger partial charge in [-0.3, -0.25) is 9.59 Å². The highest BCUT2D eigenvalue weighted by atomic mass is 16.5. The lowest BCUT2D eigenvalue weighted by Gasteiger charge is -2.32. The van der Waals surface area contributed by atoms with Crippen molar-refractivity contribution in [1.82, 2.24) is 5.32 Å².